The minimum absolute atomic E-state index is 0.129. The average Bonchev–Trinajstić information content (AvgIpc) is 2.79. The molecule has 35 heavy (non-hydrogen) atoms. The van der Waals surface area contributed by atoms with E-state index in [0.717, 1.165) is 28.0 Å². The molecule has 4 rings (SSSR count). The third-order valence-electron chi connectivity index (χ3n) is 5.02. The molecule has 0 unspecified atom stereocenters. The fourth-order valence-corrected chi connectivity index (χ4v) is 4.35. The Morgan fingerprint density at radius 3 is 1.86 bits per heavy atom. The number of primary sulfonamides is 1. The van der Waals surface area contributed by atoms with Crippen molar-refractivity contribution in [1.82, 2.24) is 0 Å². The molecule has 1 fully saturated rings. The van der Waals surface area contributed by atoms with Gasteiger partial charge in [0.25, 0.3) is 11.8 Å². The molecular formula is C23H14ClF2N3O4S2. The number of carbonyl (C=O) groups excluding carboxylic acids is 2. The maximum Gasteiger partial charge on any atom is 0.270 e. The number of carbonyl (C=O) groups is 2. The predicted octanol–water partition coefficient (Wildman–Crippen LogP) is 4.01. The van der Waals surface area contributed by atoms with Gasteiger partial charge in [-0.25, -0.2) is 22.3 Å². The molecule has 0 aliphatic carbocycles. The fourth-order valence-electron chi connectivity index (χ4n) is 3.33. The van der Waals surface area contributed by atoms with Crippen LogP contribution in [0.25, 0.3) is 6.08 Å². The summed E-state index contributed by atoms with van der Waals surface area (Å²) in [5.74, 6) is -3.54. The van der Waals surface area contributed by atoms with E-state index in [1.807, 2.05) is 0 Å². The first-order valence-corrected chi connectivity index (χ1v) is 12.1. The zero-order chi connectivity index (χ0) is 25.5. The van der Waals surface area contributed by atoms with Crippen LogP contribution in [0.2, 0.25) is 5.02 Å². The molecule has 3 aromatic rings. The zero-order valence-corrected chi connectivity index (χ0v) is 19.9. The van der Waals surface area contributed by atoms with Crippen LogP contribution in [-0.2, 0) is 19.6 Å². The van der Waals surface area contributed by atoms with E-state index in [1.54, 1.807) is 0 Å². The number of nitrogens with two attached hydrogens (primary N) is 1. The van der Waals surface area contributed by atoms with Crippen LogP contribution in [0, 0.1) is 11.6 Å². The van der Waals surface area contributed by atoms with Crippen LogP contribution in [0.5, 0.6) is 0 Å². The third kappa shape index (κ3) is 4.84. The van der Waals surface area contributed by atoms with E-state index in [-0.39, 0.29) is 26.9 Å². The Morgan fingerprint density at radius 2 is 1.37 bits per heavy atom. The van der Waals surface area contributed by atoms with Gasteiger partial charge in [0.2, 0.25) is 10.0 Å². The van der Waals surface area contributed by atoms with E-state index in [9.17, 15) is 26.8 Å². The smallest absolute Gasteiger partial charge is 0.268 e. The van der Waals surface area contributed by atoms with Crippen LogP contribution < -0.4 is 14.9 Å². The maximum atomic E-state index is 14.3. The van der Waals surface area contributed by atoms with Gasteiger partial charge >= 0.3 is 0 Å². The first-order valence-electron chi connectivity index (χ1n) is 9.75. The second kappa shape index (κ2) is 9.27. The number of halogens is 3. The molecule has 2 amide bonds. The number of benzene rings is 3. The van der Waals surface area contributed by atoms with Crippen molar-refractivity contribution in [3.63, 3.8) is 0 Å². The third-order valence-corrected chi connectivity index (χ3v) is 6.57. The van der Waals surface area contributed by atoms with Gasteiger partial charge in [0.1, 0.15) is 17.2 Å². The standard InChI is InChI=1S/C23H14ClF2N3O4S2/c24-14-2-5-16(6-3-14)28-21(30)19(11-13-1-4-15(25)12-20(13)26)22(31)29(23(28)34)17-7-9-18(10-8-17)35(27,32)33/h1-12H,(H2,27,32,33)/b19-11-. The lowest BCUT2D eigenvalue weighted by molar-refractivity contribution is -0.120. The van der Waals surface area contributed by atoms with E-state index < -0.39 is 39.0 Å². The van der Waals surface area contributed by atoms with Crippen LogP contribution in [0.4, 0.5) is 20.2 Å². The van der Waals surface area contributed by atoms with Crippen LogP contribution >= 0.6 is 23.8 Å². The van der Waals surface area contributed by atoms with E-state index in [2.05, 4.69) is 0 Å². The Balaban J connectivity index is 1.87. The molecular weight excluding hydrogens is 520 g/mol. The van der Waals surface area contributed by atoms with Crippen molar-refractivity contribution in [3.8, 4) is 0 Å². The lowest BCUT2D eigenvalue weighted by Gasteiger charge is -2.36. The lowest BCUT2D eigenvalue weighted by atomic mass is 10.0. The molecule has 1 aliphatic heterocycles. The van der Waals surface area contributed by atoms with Crippen molar-refractivity contribution in [2.45, 2.75) is 4.90 Å². The molecule has 1 heterocycles. The van der Waals surface area contributed by atoms with Gasteiger partial charge in [-0.2, -0.15) is 0 Å². The Kier molecular flexibility index (Phi) is 6.52. The Labute approximate surface area is 209 Å². The second-order valence-electron chi connectivity index (χ2n) is 7.30. The number of hydrogen-bond acceptors (Lipinski definition) is 5. The summed E-state index contributed by atoms with van der Waals surface area (Å²) >= 11 is 11.4. The van der Waals surface area contributed by atoms with E-state index >= 15 is 0 Å². The molecule has 0 radical (unpaired) electrons. The largest absolute Gasteiger partial charge is 0.270 e. The van der Waals surface area contributed by atoms with Gasteiger partial charge in [-0.15, -0.1) is 0 Å². The second-order valence-corrected chi connectivity index (χ2v) is 9.67. The maximum absolute atomic E-state index is 14.3. The van der Waals surface area contributed by atoms with Crippen molar-refractivity contribution < 1.29 is 26.8 Å². The Bertz CT molecular complexity index is 1510. The van der Waals surface area contributed by atoms with Gasteiger partial charge in [-0.1, -0.05) is 11.6 Å². The van der Waals surface area contributed by atoms with Gasteiger partial charge in [0.15, 0.2) is 5.11 Å². The zero-order valence-electron chi connectivity index (χ0n) is 17.5. The molecule has 0 aromatic heterocycles. The highest BCUT2D eigenvalue weighted by atomic mass is 35.5. The summed E-state index contributed by atoms with van der Waals surface area (Å²) in [7, 11) is -4.00. The molecule has 0 bridgehead atoms. The molecule has 7 nitrogen and oxygen atoms in total. The number of thiocarbonyl (C=S) groups is 1. The molecule has 3 aromatic carbocycles. The molecule has 12 heteroatoms. The summed E-state index contributed by atoms with van der Waals surface area (Å²) in [5, 5.41) is 5.29. The monoisotopic (exact) mass is 533 g/mol. The van der Waals surface area contributed by atoms with Crippen molar-refractivity contribution in [2.24, 2.45) is 5.14 Å². The van der Waals surface area contributed by atoms with Gasteiger partial charge in [-0.05, 0) is 79.0 Å². The Hall–Kier alpha value is -3.51. The van der Waals surface area contributed by atoms with Gasteiger partial charge in [0.05, 0.1) is 16.3 Å². The number of hydrogen-bond donors (Lipinski definition) is 1. The summed E-state index contributed by atoms with van der Waals surface area (Å²) in [6, 6.07) is 13.6. The van der Waals surface area contributed by atoms with Crippen LogP contribution in [0.15, 0.2) is 77.2 Å². The van der Waals surface area contributed by atoms with Crippen molar-refractivity contribution >= 4 is 68.2 Å². The molecule has 1 saturated heterocycles. The van der Waals surface area contributed by atoms with Crippen LogP contribution in [-0.4, -0.2) is 25.3 Å². The normalized spacial score (nSPS) is 15.8. The van der Waals surface area contributed by atoms with E-state index in [0.29, 0.717) is 11.1 Å². The number of anilines is 2. The van der Waals surface area contributed by atoms with Crippen LogP contribution in [0.1, 0.15) is 5.56 Å². The Morgan fingerprint density at radius 1 is 0.857 bits per heavy atom. The summed E-state index contributed by atoms with van der Waals surface area (Å²) in [6.45, 7) is 0. The molecule has 178 valence electrons. The molecule has 0 saturated carbocycles. The van der Waals surface area contributed by atoms with E-state index in [1.165, 1.54) is 48.5 Å². The minimum Gasteiger partial charge on any atom is -0.268 e. The highest BCUT2D eigenvalue weighted by Crippen LogP contribution is 2.31. The molecule has 1 aliphatic rings. The minimum atomic E-state index is -4.00. The lowest BCUT2D eigenvalue weighted by Crippen LogP contribution is -2.57. The van der Waals surface area contributed by atoms with Crippen molar-refractivity contribution in [3.05, 3.63) is 94.5 Å². The molecule has 0 atom stereocenters. The average molecular weight is 534 g/mol. The first kappa shape index (κ1) is 24.6. The van der Waals surface area contributed by atoms with Gasteiger partial charge < -0.3 is 0 Å². The summed E-state index contributed by atoms with van der Waals surface area (Å²) in [4.78, 5) is 28.6. The van der Waals surface area contributed by atoms with Crippen molar-refractivity contribution in [1.29, 1.82) is 0 Å². The van der Waals surface area contributed by atoms with E-state index in [4.69, 9.17) is 29.0 Å². The topological polar surface area (TPSA) is 101 Å². The van der Waals surface area contributed by atoms with Gasteiger partial charge in [-0.3, -0.25) is 19.4 Å². The quantitative estimate of drug-likeness (QED) is 0.310. The van der Waals surface area contributed by atoms with Gasteiger partial charge in [0, 0.05) is 16.7 Å². The number of amides is 2. The summed E-state index contributed by atoms with van der Waals surface area (Å²) < 4.78 is 50.9. The molecule has 2 N–H and O–H groups in total. The fraction of sp³-hybridized carbons (Fsp3) is 0. The predicted molar refractivity (Wildman–Crippen MR) is 131 cm³/mol. The van der Waals surface area contributed by atoms with Crippen molar-refractivity contribution in [2.75, 3.05) is 9.80 Å². The first-order chi connectivity index (χ1) is 16.5. The SMILES string of the molecule is NS(=O)(=O)c1ccc(N2C(=O)/C(=C\c3ccc(F)cc3F)C(=O)N(c3ccc(Cl)cc3)C2=S)cc1. The number of nitrogens with zero attached hydrogens (tertiary/aromatic N) is 2. The number of sulfonamides is 1. The molecule has 0 spiro atoms. The summed E-state index contributed by atoms with van der Waals surface area (Å²) in [5.41, 5.74) is -0.260. The summed E-state index contributed by atoms with van der Waals surface area (Å²) in [6.07, 6.45) is 0.996. The highest BCUT2D eigenvalue weighted by Gasteiger charge is 2.41. The van der Waals surface area contributed by atoms with Crippen LogP contribution in [0.3, 0.4) is 0 Å². The highest BCUT2D eigenvalue weighted by molar-refractivity contribution is 7.89. The number of rotatable bonds is 4.